The van der Waals surface area contributed by atoms with E-state index in [1.807, 2.05) is 36.2 Å². The molecule has 4 atom stereocenters. The Morgan fingerprint density at radius 3 is 2.86 bits per heavy atom. The fourth-order valence-electron chi connectivity index (χ4n) is 5.14. The highest BCUT2D eigenvalue weighted by molar-refractivity contribution is 6.30. The van der Waals surface area contributed by atoms with Crippen LogP contribution in [0.15, 0.2) is 24.3 Å². The van der Waals surface area contributed by atoms with Crippen LogP contribution >= 0.6 is 11.6 Å². The first kappa shape index (κ1) is 28.5. The number of benzene rings is 1. The van der Waals surface area contributed by atoms with Crippen molar-refractivity contribution in [1.29, 1.82) is 0 Å². The molecule has 0 saturated carbocycles. The molecule has 0 bridgehead atoms. The Labute approximate surface area is 219 Å². The van der Waals surface area contributed by atoms with E-state index in [4.69, 9.17) is 21.1 Å². The second-order valence-electron chi connectivity index (χ2n) is 9.64. The SMILES string of the molecule is CNC[C@H](C[C@H]1CCCOC1)NC(=O)N1CCCC([C@@H](OCCNC(=O)OC)c2cccc(Cl)c2)C1. The molecule has 3 N–H and O–H groups in total. The summed E-state index contributed by atoms with van der Waals surface area (Å²) in [6.45, 7) is 4.29. The zero-order valence-electron chi connectivity index (χ0n) is 21.5. The Kier molecular flexibility index (Phi) is 12.1. The van der Waals surface area contributed by atoms with Crippen molar-refractivity contribution in [2.75, 3.05) is 60.2 Å². The average Bonchev–Trinajstić information content (AvgIpc) is 2.89. The van der Waals surface area contributed by atoms with Crippen molar-refractivity contribution in [3.63, 3.8) is 0 Å². The summed E-state index contributed by atoms with van der Waals surface area (Å²) < 4.78 is 16.5. The van der Waals surface area contributed by atoms with E-state index < -0.39 is 6.09 Å². The van der Waals surface area contributed by atoms with E-state index in [1.165, 1.54) is 7.11 Å². The number of alkyl carbamates (subject to hydrolysis) is 1. The molecule has 0 radical (unpaired) electrons. The number of nitrogens with zero attached hydrogens (tertiary/aromatic N) is 1. The van der Waals surface area contributed by atoms with Crippen LogP contribution in [0.25, 0.3) is 0 Å². The zero-order valence-corrected chi connectivity index (χ0v) is 22.2. The van der Waals surface area contributed by atoms with Crippen molar-refractivity contribution in [2.24, 2.45) is 11.8 Å². The number of carbonyl (C=O) groups is 2. The van der Waals surface area contributed by atoms with Gasteiger partial charge < -0.3 is 35.1 Å². The fraction of sp³-hybridized carbons (Fsp3) is 0.692. The second-order valence-corrected chi connectivity index (χ2v) is 10.1. The molecular formula is C26H41ClN4O5. The molecule has 9 nitrogen and oxygen atoms in total. The van der Waals surface area contributed by atoms with Crippen LogP contribution in [-0.2, 0) is 14.2 Å². The van der Waals surface area contributed by atoms with E-state index in [0.717, 1.165) is 57.4 Å². The number of rotatable bonds is 11. The Morgan fingerprint density at radius 1 is 1.28 bits per heavy atom. The lowest BCUT2D eigenvalue weighted by Crippen LogP contribution is -2.52. The number of hydrogen-bond donors (Lipinski definition) is 3. The third kappa shape index (κ3) is 9.10. The molecule has 2 fully saturated rings. The van der Waals surface area contributed by atoms with Crippen LogP contribution in [0.2, 0.25) is 5.02 Å². The lowest BCUT2D eigenvalue weighted by atomic mass is 9.88. The molecule has 1 aromatic rings. The number of carbonyl (C=O) groups excluding carboxylic acids is 2. The molecule has 1 aromatic carbocycles. The summed E-state index contributed by atoms with van der Waals surface area (Å²) in [5, 5.41) is 9.76. The molecule has 1 unspecified atom stereocenters. The maximum atomic E-state index is 13.3. The summed E-state index contributed by atoms with van der Waals surface area (Å²) in [6, 6.07) is 7.67. The van der Waals surface area contributed by atoms with E-state index in [9.17, 15) is 9.59 Å². The minimum absolute atomic E-state index is 0.0334. The fourth-order valence-corrected chi connectivity index (χ4v) is 5.34. The maximum absolute atomic E-state index is 13.3. The van der Waals surface area contributed by atoms with Gasteiger partial charge in [-0.3, -0.25) is 0 Å². The smallest absolute Gasteiger partial charge is 0.406 e. The molecule has 0 spiro atoms. The molecule has 10 heteroatoms. The third-order valence-electron chi connectivity index (χ3n) is 6.86. The summed E-state index contributed by atoms with van der Waals surface area (Å²) in [7, 11) is 3.24. The normalized spacial score (nSPS) is 21.9. The highest BCUT2D eigenvalue weighted by Gasteiger charge is 2.32. The topological polar surface area (TPSA) is 101 Å². The van der Waals surface area contributed by atoms with Gasteiger partial charge in [0.15, 0.2) is 0 Å². The highest BCUT2D eigenvalue weighted by atomic mass is 35.5. The zero-order chi connectivity index (χ0) is 25.8. The first-order chi connectivity index (χ1) is 17.5. The Morgan fingerprint density at radius 2 is 2.14 bits per heavy atom. The van der Waals surface area contributed by atoms with Crippen LogP contribution in [0, 0.1) is 11.8 Å². The molecule has 2 aliphatic heterocycles. The Hall–Kier alpha value is -2.07. The van der Waals surface area contributed by atoms with Gasteiger partial charge in [0.2, 0.25) is 0 Å². The van der Waals surface area contributed by atoms with Gasteiger partial charge in [-0.15, -0.1) is 0 Å². The van der Waals surface area contributed by atoms with Crippen molar-refractivity contribution in [3.05, 3.63) is 34.9 Å². The summed E-state index contributed by atoms with van der Waals surface area (Å²) in [4.78, 5) is 26.6. The predicted octanol–water partition coefficient (Wildman–Crippen LogP) is 3.58. The van der Waals surface area contributed by atoms with Crippen LogP contribution in [0.3, 0.4) is 0 Å². The van der Waals surface area contributed by atoms with E-state index in [-0.39, 0.29) is 24.1 Å². The summed E-state index contributed by atoms with van der Waals surface area (Å²) >= 11 is 6.28. The number of likely N-dealkylation sites (tertiary alicyclic amines) is 1. The van der Waals surface area contributed by atoms with Crippen molar-refractivity contribution < 1.29 is 23.8 Å². The Balaban J connectivity index is 1.62. The van der Waals surface area contributed by atoms with Crippen LogP contribution in [0.4, 0.5) is 9.59 Å². The summed E-state index contributed by atoms with van der Waals surface area (Å²) in [5.41, 5.74) is 0.971. The quantitative estimate of drug-likeness (QED) is 0.382. The molecule has 202 valence electrons. The molecule has 3 rings (SSSR count). The number of likely N-dealkylation sites (N-methyl/N-ethyl adjacent to an activating group) is 1. The number of methoxy groups -OCH3 is 1. The van der Waals surface area contributed by atoms with Crippen LogP contribution in [-0.4, -0.2) is 83.2 Å². The third-order valence-corrected chi connectivity index (χ3v) is 7.09. The minimum atomic E-state index is -0.491. The molecule has 2 saturated heterocycles. The number of hydrogen-bond acceptors (Lipinski definition) is 6. The van der Waals surface area contributed by atoms with Crippen molar-refractivity contribution >= 4 is 23.7 Å². The maximum Gasteiger partial charge on any atom is 0.406 e. The van der Waals surface area contributed by atoms with Crippen molar-refractivity contribution in [3.8, 4) is 0 Å². The highest BCUT2D eigenvalue weighted by Crippen LogP contribution is 2.34. The van der Waals surface area contributed by atoms with E-state index in [0.29, 0.717) is 37.2 Å². The largest absolute Gasteiger partial charge is 0.453 e. The first-order valence-corrected chi connectivity index (χ1v) is 13.3. The van der Waals surface area contributed by atoms with Crippen molar-refractivity contribution in [1.82, 2.24) is 20.9 Å². The van der Waals surface area contributed by atoms with E-state index in [1.54, 1.807) is 0 Å². The van der Waals surface area contributed by atoms with Gasteiger partial charge in [0.05, 0.1) is 19.8 Å². The van der Waals surface area contributed by atoms with Gasteiger partial charge in [-0.25, -0.2) is 9.59 Å². The summed E-state index contributed by atoms with van der Waals surface area (Å²) in [5.74, 6) is 0.585. The number of piperidine rings is 1. The van der Waals surface area contributed by atoms with Gasteiger partial charge >= 0.3 is 12.1 Å². The monoisotopic (exact) mass is 524 g/mol. The first-order valence-electron chi connectivity index (χ1n) is 13.0. The molecule has 3 amide bonds. The number of nitrogens with one attached hydrogen (secondary N) is 3. The Bertz CT molecular complexity index is 823. The van der Waals surface area contributed by atoms with Gasteiger partial charge in [-0.2, -0.15) is 0 Å². The molecule has 0 aromatic heterocycles. The van der Waals surface area contributed by atoms with Gasteiger partial charge in [0.25, 0.3) is 0 Å². The van der Waals surface area contributed by atoms with Gasteiger partial charge in [0, 0.05) is 56.4 Å². The summed E-state index contributed by atoms with van der Waals surface area (Å²) in [6.07, 6.45) is 4.23. The van der Waals surface area contributed by atoms with E-state index in [2.05, 4.69) is 20.7 Å². The van der Waals surface area contributed by atoms with Crippen LogP contribution in [0.5, 0.6) is 0 Å². The van der Waals surface area contributed by atoms with E-state index >= 15 is 0 Å². The lowest BCUT2D eigenvalue weighted by molar-refractivity contribution is -0.00873. The van der Waals surface area contributed by atoms with Gasteiger partial charge in [0.1, 0.15) is 0 Å². The molecule has 36 heavy (non-hydrogen) atoms. The standard InChI is InChI=1S/C26H41ClN4O5/c1-28-16-23(14-19-6-5-12-35-18-19)30-25(32)31-11-4-8-21(17-31)24(20-7-3-9-22(27)15-20)36-13-10-29-26(33)34-2/h3,7,9,15,19,21,23-24,28H,4-6,8,10-14,16-18H2,1-2H3,(H,29,33)(H,30,32)/t19-,21?,23+,24+/m1/s1. The molecule has 2 heterocycles. The lowest BCUT2D eigenvalue weighted by Gasteiger charge is -2.38. The average molecular weight is 525 g/mol. The van der Waals surface area contributed by atoms with Crippen molar-refractivity contribution in [2.45, 2.75) is 44.2 Å². The second kappa shape index (κ2) is 15.2. The number of halogens is 1. The molecular weight excluding hydrogens is 484 g/mol. The van der Waals surface area contributed by atoms with Gasteiger partial charge in [-0.1, -0.05) is 23.7 Å². The number of ether oxygens (including phenoxy) is 3. The molecule has 0 aliphatic carbocycles. The van der Waals surface area contributed by atoms with Crippen LogP contribution < -0.4 is 16.0 Å². The predicted molar refractivity (Wildman–Crippen MR) is 139 cm³/mol. The van der Waals surface area contributed by atoms with Crippen LogP contribution in [0.1, 0.15) is 43.8 Å². The number of amides is 3. The number of urea groups is 1. The van der Waals surface area contributed by atoms with Gasteiger partial charge in [-0.05, 0) is 62.8 Å². The minimum Gasteiger partial charge on any atom is -0.453 e. The molecule has 2 aliphatic rings.